The van der Waals surface area contributed by atoms with Crippen LogP contribution in [-0.4, -0.2) is 18.9 Å². The van der Waals surface area contributed by atoms with Crippen molar-refractivity contribution in [1.29, 1.82) is 0 Å². The molecule has 0 saturated heterocycles. The van der Waals surface area contributed by atoms with Gasteiger partial charge in [0.25, 0.3) is 0 Å². The van der Waals surface area contributed by atoms with Crippen molar-refractivity contribution in [2.75, 3.05) is 13.1 Å². The first-order chi connectivity index (χ1) is 8.52. The van der Waals surface area contributed by atoms with Crippen molar-refractivity contribution in [3.63, 3.8) is 0 Å². The van der Waals surface area contributed by atoms with E-state index in [1.807, 2.05) is 6.92 Å². The normalized spacial score (nSPS) is 17.2. The number of benzene rings is 1. The molecule has 1 atom stereocenters. The molecule has 0 saturated carbocycles. The van der Waals surface area contributed by atoms with E-state index in [9.17, 15) is 13.2 Å². The Morgan fingerprint density at radius 3 is 2.72 bits per heavy atom. The van der Waals surface area contributed by atoms with Crippen molar-refractivity contribution in [3.05, 3.63) is 35.4 Å². The molecule has 2 nitrogen and oxygen atoms in total. The Hall–Kier alpha value is -1.52. The van der Waals surface area contributed by atoms with Crippen LogP contribution < -0.4 is 5.32 Å². The van der Waals surface area contributed by atoms with Gasteiger partial charge < -0.3 is 5.32 Å². The molecular weight excluding hydrogens is 241 g/mol. The second-order valence-electron chi connectivity index (χ2n) is 4.28. The van der Waals surface area contributed by atoms with Crippen molar-refractivity contribution in [3.8, 4) is 0 Å². The lowest BCUT2D eigenvalue weighted by molar-refractivity contribution is -0.137. The summed E-state index contributed by atoms with van der Waals surface area (Å²) in [6.45, 7) is 3.42. The second-order valence-corrected chi connectivity index (χ2v) is 4.28. The van der Waals surface area contributed by atoms with Crippen LogP contribution in [0.2, 0.25) is 0 Å². The highest BCUT2D eigenvalue weighted by Crippen LogP contribution is 2.32. The van der Waals surface area contributed by atoms with Crippen LogP contribution in [0.4, 0.5) is 13.2 Å². The topological polar surface area (TPSA) is 24.4 Å². The van der Waals surface area contributed by atoms with Crippen LogP contribution >= 0.6 is 0 Å². The third-order valence-electron chi connectivity index (χ3n) is 3.05. The summed E-state index contributed by atoms with van der Waals surface area (Å²) in [7, 11) is 0. The molecule has 98 valence electrons. The molecule has 1 aromatic rings. The molecule has 0 aliphatic carbocycles. The van der Waals surface area contributed by atoms with Crippen molar-refractivity contribution in [1.82, 2.24) is 5.32 Å². The number of hydrogen-bond acceptors (Lipinski definition) is 2. The maximum Gasteiger partial charge on any atom is 0.416 e. The smallest absolute Gasteiger partial charge is 0.371 e. The number of halogens is 3. The Morgan fingerprint density at radius 2 is 2.17 bits per heavy atom. The summed E-state index contributed by atoms with van der Waals surface area (Å²) in [5.41, 5.74) is 0.0671. The van der Waals surface area contributed by atoms with E-state index in [-0.39, 0.29) is 5.92 Å². The Balaban J connectivity index is 2.31. The number of nitrogens with one attached hydrogen (secondary N) is 1. The lowest BCUT2D eigenvalue weighted by Gasteiger charge is -2.17. The molecule has 1 N–H and O–H groups in total. The lowest BCUT2D eigenvalue weighted by atomic mass is 9.93. The summed E-state index contributed by atoms with van der Waals surface area (Å²) in [5.74, 6) is 0.728. The Kier molecular flexibility index (Phi) is 3.59. The highest BCUT2D eigenvalue weighted by atomic mass is 19.4. The van der Waals surface area contributed by atoms with Gasteiger partial charge in [-0.2, -0.15) is 13.2 Å². The van der Waals surface area contributed by atoms with Gasteiger partial charge in [-0.3, -0.25) is 4.99 Å². The first-order valence-electron chi connectivity index (χ1n) is 5.97. The van der Waals surface area contributed by atoms with Crippen molar-refractivity contribution < 1.29 is 13.2 Å². The summed E-state index contributed by atoms with van der Waals surface area (Å²) in [6.07, 6.45) is -3.56. The average molecular weight is 256 g/mol. The van der Waals surface area contributed by atoms with E-state index in [0.717, 1.165) is 24.9 Å². The van der Waals surface area contributed by atoms with Gasteiger partial charge in [0, 0.05) is 12.5 Å². The predicted molar refractivity (Wildman–Crippen MR) is 64.8 cm³/mol. The maximum absolute atomic E-state index is 12.7. The number of nitrogens with zero attached hydrogens (tertiary/aromatic N) is 1. The van der Waals surface area contributed by atoms with Crippen LogP contribution in [0.15, 0.2) is 29.3 Å². The van der Waals surface area contributed by atoms with Gasteiger partial charge in [-0.05, 0) is 18.1 Å². The first-order valence-corrected chi connectivity index (χ1v) is 5.97. The molecule has 1 aliphatic heterocycles. The van der Waals surface area contributed by atoms with Gasteiger partial charge in [0.1, 0.15) is 5.84 Å². The van der Waals surface area contributed by atoms with E-state index in [1.54, 1.807) is 6.07 Å². The molecule has 0 amide bonds. The molecule has 18 heavy (non-hydrogen) atoms. The summed E-state index contributed by atoms with van der Waals surface area (Å²) < 4.78 is 38.0. The Morgan fingerprint density at radius 1 is 1.39 bits per heavy atom. The molecule has 2 rings (SSSR count). The molecule has 0 bridgehead atoms. The van der Waals surface area contributed by atoms with Gasteiger partial charge in [0.05, 0.1) is 12.1 Å². The molecule has 5 heteroatoms. The predicted octanol–water partition coefficient (Wildman–Crippen LogP) is 3.20. The summed E-state index contributed by atoms with van der Waals surface area (Å²) >= 11 is 0. The molecule has 0 aromatic heterocycles. The zero-order valence-electron chi connectivity index (χ0n) is 10.1. The van der Waals surface area contributed by atoms with E-state index in [0.29, 0.717) is 12.1 Å². The lowest BCUT2D eigenvalue weighted by Crippen LogP contribution is -2.25. The van der Waals surface area contributed by atoms with Gasteiger partial charge in [0.2, 0.25) is 0 Å². The summed E-state index contributed by atoms with van der Waals surface area (Å²) in [5, 5.41) is 3.13. The average Bonchev–Trinajstić information content (AvgIpc) is 2.83. The molecular formula is C13H15F3N2. The van der Waals surface area contributed by atoms with Crippen LogP contribution in [0.25, 0.3) is 0 Å². The van der Waals surface area contributed by atoms with Crippen LogP contribution in [0.1, 0.15) is 30.4 Å². The van der Waals surface area contributed by atoms with E-state index in [1.165, 1.54) is 12.1 Å². The van der Waals surface area contributed by atoms with Crippen LogP contribution in [-0.2, 0) is 6.18 Å². The monoisotopic (exact) mass is 256 g/mol. The Bertz CT molecular complexity index is 452. The molecule has 1 heterocycles. The highest BCUT2D eigenvalue weighted by molar-refractivity contribution is 5.90. The quantitative estimate of drug-likeness (QED) is 0.882. The zero-order valence-corrected chi connectivity index (χ0v) is 10.1. The minimum Gasteiger partial charge on any atom is -0.371 e. The SMILES string of the molecule is CC[C@H](C1=NCCN1)c1cccc(C(F)(F)F)c1. The molecule has 0 unspecified atom stereocenters. The molecule has 0 fully saturated rings. The van der Waals surface area contributed by atoms with Gasteiger partial charge in [-0.15, -0.1) is 0 Å². The van der Waals surface area contributed by atoms with E-state index in [2.05, 4.69) is 10.3 Å². The van der Waals surface area contributed by atoms with Crippen molar-refractivity contribution >= 4 is 5.84 Å². The van der Waals surface area contributed by atoms with Crippen LogP contribution in [0.3, 0.4) is 0 Å². The third kappa shape index (κ3) is 2.66. The first kappa shape index (κ1) is 12.9. The number of amidine groups is 1. The van der Waals surface area contributed by atoms with Gasteiger partial charge in [-0.25, -0.2) is 0 Å². The zero-order chi connectivity index (χ0) is 13.2. The van der Waals surface area contributed by atoms with E-state index in [4.69, 9.17) is 0 Å². The number of aliphatic imine (C=N–C) groups is 1. The summed E-state index contributed by atoms with van der Waals surface area (Å²) in [4.78, 5) is 4.30. The minimum atomic E-state index is -4.29. The van der Waals surface area contributed by atoms with Crippen LogP contribution in [0.5, 0.6) is 0 Å². The van der Waals surface area contributed by atoms with Gasteiger partial charge >= 0.3 is 6.18 Å². The molecule has 0 radical (unpaired) electrons. The third-order valence-corrected chi connectivity index (χ3v) is 3.05. The Labute approximate surface area is 104 Å². The van der Waals surface area contributed by atoms with Crippen molar-refractivity contribution in [2.24, 2.45) is 4.99 Å². The highest BCUT2D eigenvalue weighted by Gasteiger charge is 2.31. The molecule has 0 spiro atoms. The van der Waals surface area contributed by atoms with Crippen molar-refractivity contribution in [2.45, 2.75) is 25.4 Å². The largest absolute Gasteiger partial charge is 0.416 e. The number of rotatable bonds is 3. The molecule has 1 aliphatic rings. The fraction of sp³-hybridized carbons (Fsp3) is 0.462. The van der Waals surface area contributed by atoms with Gasteiger partial charge in [0.15, 0.2) is 0 Å². The number of hydrogen-bond donors (Lipinski definition) is 1. The number of alkyl halides is 3. The second kappa shape index (κ2) is 5.00. The maximum atomic E-state index is 12.7. The van der Waals surface area contributed by atoms with E-state index >= 15 is 0 Å². The summed E-state index contributed by atoms with van der Waals surface area (Å²) in [6, 6.07) is 5.50. The van der Waals surface area contributed by atoms with Crippen LogP contribution in [0, 0.1) is 0 Å². The molecule has 1 aromatic carbocycles. The minimum absolute atomic E-state index is 0.0743. The van der Waals surface area contributed by atoms with E-state index < -0.39 is 11.7 Å². The standard InChI is InChI=1S/C13H15F3N2/c1-2-11(12-17-6-7-18-12)9-4-3-5-10(8-9)13(14,15)16/h3-5,8,11H,2,6-7H2,1H3,(H,17,18)/t11-/m0/s1. The van der Waals surface area contributed by atoms with Gasteiger partial charge in [-0.1, -0.05) is 25.1 Å². The fourth-order valence-corrected chi connectivity index (χ4v) is 2.17. The fourth-order valence-electron chi connectivity index (χ4n) is 2.17.